The number of carbonyl (C=O) groups excluding carboxylic acids is 1. The summed E-state index contributed by atoms with van der Waals surface area (Å²) in [7, 11) is -4.39. The number of hydrogen-bond acceptors (Lipinski definition) is 12. The Morgan fingerprint density at radius 1 is 1.28 bits per heavy atom. The Hall–Kier alpha value is -3.57. The van der Waals surface area contributed by atoms with E-state index >= 15 is 0 Å². The molecular weight excluding hydrogens is 531 g/mol. The maximum Gasteiger partial charge on any atom is 0.459 e. The highest BCUT2D eigenvalue weighted by Gasteiger charge is 2.57. The third kappa shape index (κ3) is 5.89. The summed E-state index contributed by atoms with van der Waals surface area (Å²) in [5, 5.41) is 38.4. The number of nitrogens with two attached hydrogens (primary N) is 1. The van der Waals surface area contributed by atoms with Crippen molar-refractivity contribution in [2.24, 2.45) is 0 Å². The van der Waals surface area contributed by atoms with Crippen LogP contribution in [0.15, 0.2) is 48.8 Å². The molecule has 1 aromatic carbocycles. The molecular formula is C24H29N6O8P. The lowest BCUT2D eigenvalue weighted by molar-refractivity contribution is -0.149. The van der Waals surface area contributed by atoms with Gasteiger partial charge in [0, 0.05) is 0 Å². The van der Waals surface area contributed by atoms with Crippen molar-refractivity contribution in [2.75, 3.05) is 12.3 Å². The average Bonchev–Trinajstić information content (AvgIpc) is 3.43. The van der Waals surface area contributed by atoms with E-state index in [0.717, 1.165) is 0 Å². The van der Waals surface area contributed by atoms with Crippen LogP contribution in [0.3, 0.4) is 0 Å². The van der Waals surface area contributed by atoms with Crippen LogP contribution in [0.5, 0.6) is 5.75 Å². The molecule has 39 heavy (non-hydrogen) atoms. The van der Waals surface area contributed by atoms with Crippen LogP contribution in [0.25, 0.3) is 5.52 Å². The van der Waals surface area contributed by atoms with Crippen LogP contribution < -0.4 is 15.3 Å². The highest BCUT2D eigenvalue weighted by atomic mass is 31.2. The molecule has 4 rings (SSSR count). The van der Waals surface area contributed by atoms with Gasteiger partial charge < -0.3 is 29.9 Å². The first kappa shape index (κ1) is 28.4. The minimum Gasteiger partial charge on any atom is -0.462 e. The fraction of sp³-hybridized carbons (Fsp3) is 0.417. The number of aromatic nitrogens is 3. The Bertz CT molecular complexity index is 1410. The molecule has 1 aliphatic heterocycles. The lowest BCUT2D eigenvalue weighted by atomic mass is 9.96. The second-order valence-electron chi connectivity index (χ2n) is 9.19. The van der Waals surface area contributed by atoms with Crippen LogP contribution in [0.1, 0.15) is 32.6 Å². The fourth-order valence-corrected chi connectivity index (χ4v) is 5.51. The predicted molar refractivity (Wildman–Crippen MR) is 136 cm³/mol. The summed E-state index contributed by atoms with van der Waals surface area (Å²) in [4.78, 5) is 16.3. The van der Waals surface area contributed by atoms with Crippen molar-refractivity contribution in [1.82, 2.24) is 19.7 Å². The molecule has 0 radical (unpaired) electrons. The smallest absolute Gasteiger partial charge is 0.459 e. The fourth-order valence-electron chi connectivity index (χ4n) is 3.99. The van der Waals surface area contributed by atoms with E-state index < -0.39 is 56.4 Å². The molecule has 0 bridgehead atoms. The first-order chi connectivity index (χ1) is 18.5. The summed E-state index contributed by atoms with van der Waals surface area (Å²) < 4.78 is 37.3. The molecule has 208 valence electrons. The number of esters is 1. The van der Waals surface area contributed by atoms with E-state index in [1.54, 1.807) is 44.2 Å². The molecule has 0 saturated carbocycles. The van der Waals surface area contributed by atoms with Crippen LogP contribution in [0.2, 0.25) is 0 Å². The molecule has 14 nitrogen and oxygen atoms in total. The number of nitrogens with one attached hydrogen (secondary N) is 1. The van der Waals surface area contributed by atoms with E-state index in [-0.39, 0.29) is 17.3 Å². The standard InChI is InChI=1S/C24H29N6O8P/c1-14(2)36-23(33)15(3)29-39(34,38-16-7-5-4-6-8-16)35-12-24(11-25)21(32)19(31)20(37-24)17-9-10-18-22(26)27-13-28-30(17)18/h4-10,13-15,19-21,31-32H,12H2,1-3H3,(H,29,34)(H2,26,27,28)/t15-,19-,20-,21-,24+,39+/m0/s1. The van der Waals surface area contributed by atoms with Gasteiger partial charge in [0.05, 0.1) is 11.8 Å². The summed E-state index contributed by atoms with van der Waals surface area (Å²) >= 11 is 0. The summed E-state index contributed by atoms with van der Waals surface area (Å²) in [6.45, 7) is 3.92. The van der Waals surface area contributed by atoms with Crippen molar-refractivity contribution in [3.63, 3.8) is 0 Å². The van der Waals surface area contributed by atoms with Gasteiger partial charge in [0.25, 0.3) is 0 Å². The zero-order valence-electron chi connectivity index (χ0n) is 21.4. The van der Waals surface area contributed by atoms with E-state index in [0.29, 0.717) is 5.52 Å². The number of benzene rings is 1. The molecule has 3 aromatic rings. The first-order valence-electron chi connectivity index (χ1n) is 12.0. The monoisotopic (exact) mass is 560 g/mol. The van der Waals surface area contributed by atoms with Crippen molar-refractivity contribution < 1.29 is 38.1 Å². The molecule has 2 aromatic heterocycles. The molecule has 0 amide bonds. The Kier molecular flexibility index (Phi) is 8.22. The van der Waals surface area contributed by atoms with E-state index in [1.165, 1.54) is 29.9 Å². The van der Waals surface area contributed by atoms with Gasteiger partial charge in [-0.3, -0.25) is 9.32 Å². The zero-order valence-corrected chi connectivity index (χ0v) is 22.3. The Morgan fingerprint density at radius 2 is 2.00 bits per heavy atom. The maximum atomic E-state index is 13.8. The average molecular weight is 561 g/mol. The molecule has 6 atom stereocenters. The maximum absolute atomic E-state index is 13.8. The Morgan fingerprint density at radius 3 is 2.67 bits per heavy atom. The van der Waals surface area contributed by atoms with Gasteiger partial charge in [0.2, 0.25) is 5.60 Å². The highest BCUT2D eigenvalue weighted by Crippen LogP contribution is 2.48. The minimum absolute atomic E-state index is 0.145. The van der Waals surface area contributed by atoms with Crippen LogP contribution >= 0.6 is 7.75 Å². The minimum atomic E-state index is -4.39. The quantitative estimate of drug-likeness (QED) is 0.205. The topological polar surface area (TPSA) is 204 Å². The van der Waals surface area contributed by atoms with Gasteiger partial charge in [-0.25, -0.2) is 14.1 Å². The zero-order chi connectivity index (χ0) is 28.4. The summed E-state index contributed by atoms with van der Waals surface area (Å²) in [6.07, 6.45) is -3.83. The largest absolute Gasteiger partial charge is 0.462 e. The number of aliphatic hydroxyl groups is 2. The van der Waals surface area contributed by atoms with Crippen LogP contribution in [0.4, 0.5) is 5.82 Å². The first-order valence-corrected chi connectivity index (χ1v) is 13.5. The van der Waals surface area contributed by atoms with Gasteiger partial charge in [-0.05, 0) is 45.0 Å². The SMILES string of the molecule is CC(C)OC(=O)[C@H](C)N[P@@](=O)(OC[C@@]1(C#N)O[C@@H](c2ccc3c(N)ncnn23)[C@H](O)[C@@H]1O)Oc1ccccc1. The number of nitriles is 1. The van der Waals surface area contributed by atoms with Gasteiger partial charge in [0.1, 0.15) is 54.6 Å². The molecule has 1 saturated heterocycles. The number of aliphatic hydroxyl groups excluding tert-OH is 2. The van der Waals surface area contributed by atoms with Gasteiger partial charge in [-0.1, -0.05) is 18.2 Å². The number of nitrogens with zero attached hydrogens (tertiary/aromatic N) is 4. The van der Waals surface area contributed by atoms with Crippen molar-refractivity contribution >= 4 is 25.1 Å². The van der Waals surface area contributed by atoms with Crippen LogP contribution in [-0.2, 0) is 23.4 Å². The summed E-state index contributed by atoms with van der Waals surface area (Å²) in [5.74, 6) is -0.393. The number of rotatable bonds is 10. The number of para-hydroxylation sites is 1. The van der Waals surface area contributed by atoms with Gasteiger partial charge >= 0.3 is 13.7 Å². The highest BCUT2D eigenvalue weighted by molar-refractivity contribution is 7.52. The van der Waals surface area contributed by atoms with Crippen LogP contribution in [-0.4, -0.2) is 67.3 Å². The summed E-state index contributed by atoms with van der Waals surface area (Å²) in [6, 6.07) is 11.9. The lowest BCUT2D eigenvalue weighted by Gasteiger charge is -2.28. The Balaban J connectivity index is 1.59. The normalized spacial score (nSPS) is 25.2. The second kappa shape index (κ2) is 11.3. The molecule has 15 heteroatoms. The molecule has 1 aliphatic rings. The van der Waals surface area contributed by atoms with Crippen LogP contribution in [0, 0.1) is 11.3 Å². The number of ether oxygens (including phenoxy) is 2. The van der Waals surface area contributed by atoms with Gasteiger partial charge in [-0.2, -0.15) is 15.4 Å². The number of carbonyl (C=O) groups is 1. The Labute approximate surface area is 223 Å². The predicted octanol–water partition coefficient (Wildman–Crippen LogP) is 1.50. The number of anilines is 1. The van der Waals surface area contributed by atoms with E-state index in [2.05, 4.69) is 15.2 Å². The third-order valence-electron chi connectivity index (χ3n) is 5.92. The molecule has 0 unspecified atom stereocenters. The van der Waals surface area contributed by atoms with Crippen molar-refractivity contribution in [3.05, 3.63) is 54.5 Å². The molecule has 1 fully saturated rings. The molecule has 0 aliphatic carbocycles. The van der Waals surface area contributed by atoms with Crippen molar-refractivity contribution in [1.29, 1.82) is 5.26 Å². The van der Waals surface area contributed by atoms with Crippen molar-refractivity contribution in [2.45, 2.75) is 56.8 Å². The second-order valence-corrected chi connectivity index (χ2v) is 10.9. The summed E-state index contributed by atoms with van der Waals surface area (Å²) in [5.41, 5.74) is 4.41. The number of hydrogen-bond donors (Lipinski definition) is 4. The lowest BCUT2D eigenvalue weighted by Crippen LogP contribution is -2.46. The van der Waals surface area contributed by atoms with E-state index in [9.17, 15) is 24.8 Å². The molecule has 3 heterocycles. The van der Waals surface area contributed by atoms with E-state index in [1.807, 2.05) is 6.07 Å². The van der Waals surface area contributed by atoms with Crippen molar-refractivity contribution in [3.8, 4) is 11.8 Å². The third-order valence-corrected chi connectivity index (χ3v) is 7.54. The molecule has 0 spiro atoms. The van der Waals surface area contributed by atoms with E-state index in [4.69, 9.17) is 24.3 Å². The molecule has 5 N–H and O–H groups in total. The number of fused-ring (bicyclic) bond motifs is 1. The number of nitrogen functional groups attached to an aromatic ring is 1. The van der Waals surface area contributed by atoms with Gasteiger partial charge in [0.15, 0.2) is 5.82 Å². The van der Waals surface area contributed by atoms with Gasteiger partial charge in [-0.15, -0.1) is 0 Å².